The van der Waals surface area contributed by atoms with E-state index in [0.717, 1.165) is 29.3 Å². The van der Waals surface area contributed by atoms with Crippen LogP contribution in [0.2, 0.25) is 0 Å². The van der Waals surface area contributed by atoms with Gasteiger partial charge in [0.25, 0.3) is 5.56 Å². The minimum atomic E-state index is 0.120. The van der Waals surface area contributed by atoms with E-state index < -0.39 is 0 Å². The molecule has 0 aliphatic rings. The predicted octanol–water partition coefficient (Wildman–Crippen LogP) is 3.27. The van der Waals surface area contributed by atoms with Gasteiger partial charge in [-0.25, -0.2) is 0 Å². The molecule has 1 heterocycles. The summed E-state index contributed by atoms with van der Waals surface area (Å²) in [6.45, 7) is 2.19. The number of hydrogen-bond donors (Lipinski definition) is 0. The first kappa shape index (κ1) is 11.9. The number of aryl methyl sites for hydroxylation is 1. The molecule has 0 spiro atoms. The zero-order chi connectivity index (χ0) is 12.3. The molecule has 0 radical (unpaired) electrons. The Labute approximate surface area is 102 Å². The number of fused-ring (bicyclic) bond motifs is 1. The van der Waals surface area contributed by atoms with Crippen LogP contribution in [-0.2, 0) is 13.5 Å². The van der Waals surface area contributed by atoms with Gasteiger partial charge in [-0.3, -0.25) is 4.79 Å². The lowest BCUT2D eigenvalue weighted by Crippen LogP contribution is -2.20. The van der Waals surface area contributed by atoms with E-state index >= 15 is 0 Å². The number of unbranched alkanes of at least 4 members (excludes halogenated alkanes) is 2. The lowest BCUT2D eigenvalue weighted by Gasteiger charge is -2.09. The van der Waals surface area contributed by atoms with Crippen molar-refractivity contribution < 1.29 is 0 Å². The van der Waals surface area contributed by atoms with E-state index in [-0.39, 0.29) is 5.56 Å². The fourth-order valence-electron chi connectivity index (χ4n) is 2.20. The topological polar surface area (TPSA) is 22.0 Å². The van der Waals surface area contributed by atoms with Crippen LogP contribution >= 0.6 is 0 Å². The molecule has 0 unspecified atom stereocenters. The van der Waals surface area contributed by atoms with Crippen LogP contribution in [0.1, 0.15) is 31.9 Å². The lowest BCUT2D eigenvalue weighted by molar-refractivity contribution is 0.675. The van der Waals surface area contributed by atoms with Crippen LogP contribution in [0.4, 0.5) is 0 Å². The number of hydrogen-bond acceptors (Lipinski definition) is 1. The Kier molecular flexibility index (Phi) is 3.62. The summed E-state index contributed by atoms with van der Waals surface area (Å²) in [4.78, 5) is 12.1. The van der Waals surface area contributed by atoms with Gasteiger partial charge in [0.15, 0.2) is 0 Å². The summed E-state index contributed by atoms with van der Waals surface area (Å²) in [5, 5.41) is 1.87. The van der Waals surface area contributed by atoms with Crippen LogP contribution in [0, 0.1) is 0 Å². The zero-order valence-corrected chi connectivity index (χ0v) is 10.6. The third kappa shape index (κ3) is 2.41. The first-order valence-electron chi connectivity index (χ1n) is 6.31. The van der Waals surface area contributed by atoms with Crippen molar-refractivity contribution in [2.45, 2.75) is 32.6 Å². The maximum Gasteiger partial charge on any atom is 0.258 e. The molecular formula is C15H19NO. The van der Waals surface area contributed by atoms with E-state index in [9.17, 15) is 4.79 Å². The van der Waals surface area contributed by atoms with Gasteiger partial charge in [0.05, 0.1) is 0 Å². The van der Waals surface area contributed by atoms with Crippen LogP contribution in [0.3, 0.4) is 0 Å². The monoisotopic (exact) mass is 229 g/mol. The molecule has 0 N–H and O–H groups in total. The number of benzene rings is 1. The molecule has 90 valence electrons. The third-order valence-electron chi connectivity index (χ3n) is 3.29. The minimum Gasteiger partial charge on any atom is -0.315 e. The van der Waals surface area contributed by atoms with E-state index in [2.05, 4.69) is 13.0 Å². The normalized spacial score (nSPS) is 10.9. The second kappa shape index (κ2) is 5.17. The van der Waals surface area contributed by atoms with Gasteiger partial charge < -0.3 is 4.57 Å². The Balaban J connectivity index is 2.43. The summed E-state index contributed by atoms with van der Waals surface area (Å²) in [5.41, 5.74) is 1.26. The highest BCUT2D eigenvalue weighted by molar-refractivity contribution is 5.81. The molecule has 2 rings (SSSR count). The van der Waals surface area contributed by atoms with Crippen LogP contribution in [-0.4, -0.2) is 4.57 Å². The fraction of sp³-hybridized carbons (Fsp3) is 0.400. The molecule has 2 nitrogen and oxygen atoms in total. The summed E-state index contributed by atoms with van der Waals surface area (Å²) >= 11 is 0. The number of pyridine rings is 1. The molecule has 0 saturated heterocycles. The van der Waals surface area contributed by atoms with Crippen molar-refractivity contribution in [3.63, 3.8) is 0 Å². The molecular weight excluding hydrogens is 210 g/mol. The summed E-state index contributed by atoms with van der Waals surface area (Å²) in [5.74, 6) is 0. The fourth-order valence-corrected chi connectivity index (χ4v) is 2.20. The zero-order valence-electron chi connectivity index (χ0n) is 10.6. The van der Waals surface area contributed by atoms with Gasteiger partial charge >= 0.3 is 0 Å². The second-order valence-corrected chi connectivity index (χ2v) is 4.54. The van der Waals surface area contributed by atoms with Gasteiger partial charge in [0, 0.05) is 18.1 Å². The largest absolute Gasteiger partial charge is 0.315 e. The molecule has 17 heavy (non-hydrogen) atoms. The molecule has 0 saturated carbocycles. The van der Waals surface area contributed by atoms with Crippen LogP contribution in [0.25, 0.3) is 10.8 Å². The Morgan fingerprint density at radius 1 is 1.18 bits per heavy atom. The molecule has 0 bridgehead atoms. The smallest absolute Gasteiger partial charge is 0.258 e. The van der Waals surface area contributed by atoms with Gasteiger partial charge in [-0.1, -0.05) is 38.0 Å². The quantitative estimate of drug-likeness (QED) is 0.737. The number of nitrogens with zero attached hydrogens (tertiary/aromatic N) is 1. The van der Waals surface area contributed by atoms with Crippen molar-refractivity contribution in [3.8, 4) is 0 Å². The summed E-state index contributed by atoms with van der Waals surface area (Å²) in [6, 6.07) is 9.96. The van der Waals surface area contributed by atoms with Gasteiger partial charge in [-0.15, -0.1) is 0 Å². The Morgan fingerprint density at radius 3 is 2.71 bits per heavy atom. The van der Waals surface area contributed by atoms with Crippen molar-refractivity contribution in [2.24, 2.45) is 7.05 Å². The van der Waals surface area contributed by atoms with Crippen molar-refractivity contribution >= 4 is 10.8 Å². The Morgan fingerprint density at radius 2 is 1.94 bits per heavy atom. The maximum atomic E-state index is 12.1. The SMILES string of the molecule is CCCCCc1cc2ccccc2c(=O)n1C. The Bertz CT molecular complexity index is 569. The van der Waals surface area contributed by atoms with Crippen molar-refractivity contribution in [2.75, 3.05) is 0 Å². The summed E-state index contributed by atoms with van der Waals surface area (Å²) in [7, 11) is 1.87. The van der Waals surface area contributed by atoms with Gasteiger partial charge in [-0.2, -0.15) is 0 Å². The van der Waals surface area contributed by atoms with Crippen molar-refractivity contribution in [3.05, 3.63) is 46.4 Å². The molecule has 0 atom stereocenters. The summed E-state index contributed by atoms with van der Waals surface area (Å²) < 4.78 is 1.79. The van der Waals surface area contributed by atoms with Crippen LogP contribution < -0.4 is 5.56 Å². The van der Waals surface area contributed by atoms with E-state index in [1.54, 1.807) is 4.57 Å². The van der Waals surface area contributed by atoms with Crippen molar-refractivity contribution in [1.82, 2.24) is 4.57 Å². The van der Waals surface area contributed by atoms with Gasteiger partial charge in [-0.05, 0) is 30.4 Å². The second-order valence-electron chi connectivity index (χ2n) is 4.54. The maximum absolute atomic E-state index is 12.1. The molecule has 1 aromatic heterocycles. The lowest BCUT2D eigenvalue weighted by atomic mass is 10.1. The standard InChI is InChI=1S/C15H19NO/c1-3-4-5-9-13-11-12-8-6-7-10-14(12)15(17)16(13)2/h6-8,10-11H,3-5,9H2,1-2H3. The number of rotatable bonds is 4. The highest BCUT2D eigenvalue weighted by Crippen LogP contribution is 2.13. The van der Waals surface area contributed by atoms with E-state index in [1.165, 1.54) is 12.8 Å². The van der Waals surface area contributed by atoms with E-state index in [0.29, 0.717) is 0 Å². The predicted molar refractivity (Wildman–Crippen MR) is 72.4 cm³/mol. The van der Waals surface area contributed by atoms with Crippen molar-refractivity contribution in [1.29, 1.82) is 0 Å². The molecule has 2 aromatic rings. The van der Waals surface area contributed by atoms with Gasteiger partial charge in [0.1, 0.15) is 0 Å². The Hall–Kier alpha value is -1.57. The highest BCUT2D eigenvalue weighted by atomic mass is 16.1. The number of aromatic nitrogens is 1. The average molecular weight is 229 g/mol. The minimum absolute atomic E-state index is 0.120. The first-order valence-corrected chi connectivity index (χ1v) is 6.31. The molecule has 0 aliphatic carbocycles. The third-order valence-corrected chi connectivity index (χ3v) is 3.29. The molecule has 0 aliphatic heterocycles. The average Bonchev–Trinajstić information content (AvgIpc) is 2.35. The van der Waals surface area contributed by atoms with Gasteiger partial charge in [0.2, 0.25) is 0 Å². The molecule has 0 fully saturated rings. The van der Waals surface area contributed by atoms with Crippen LogP contribution in [0.5, 0.6) is 0 Å². The molecule has 2 heteroatoms. The van der Waals surface area contributed by atoms with E-state index in [4.69, 9.17) is 0 Å². The molecule has 0 amide bonds. The van der Waals surface area contributed by atoms with E-state index in [1.807, 2.05) is 31.3 Å². The highest BCUT2D eigenvalue weighted by Gasteiger charge is 2.05. The van der Waals surface area contributed by atoms with Crippen LogP contribution in [0.15, 0.2) is 35.1 Å². The molecule has 1 aromatic carbocycles. The summed E-state index contributed by atoms with van der Waals surface area (Å²) in [6.07, 6.45) is 4.58. The first-order chi connectivity index (χ1) is 8.24.